The van der Waals surface area contributed by atoms with Crippen molar-refractivity contribution in [2.24, 2.45) is 0 Å². The molecule has 0 aliphatic carbocycles. The molecule has 0 unspecified atom stereocenters. The fourth-order valence-corrected chi connectivity index (χ4v) is 2.76. The summed E-state index contributed by atoms with van der Waals surface area (Å²) in [6.45, 7) is 0. The molecule has 2 aromatic rings. The molecule has 0 radical (unpaired) electrons. The zero-order chi connectivity index (χ0) is 17.9. The molecule has 7 nitrogen and oxygen atoms in total. The Labute approximate surface area is 195 Å². The molecule has 0 heterocycles. The van der Waals surface area contributed by atoms with Gasteiger partial charge in [-0.1, -0.05) is 0 Å². The Morgan fingerprint density at radius 2 is 1.54 bits per heavy atom. The van der Waals surface area contributed by atoms with Crippen LogP contribution in [0.2, 0.25) is 0 Å². The van der Waals surface area contributed by atoms with Crippen molar-refractivity contribution in [3.05, 3.63) is 59.2 Å². The van der Waals surface area contributed by atoms with E-state index in [1.54, 1.807) is 0 Å². The number of hydrogen-bond acceptors (Lipinski definition) is 8. The van der Waals surface area contributed by atoms with Crippen molar-refractivity contribution in [3.63, 3.8) is 0 Å². The smallest absolute Gasteiger partial charge is 0.744 e. The van der Waals surface area contributed by atoms with Gasteiger partial charge in [-0.25, -0.2) is 17.2 Å². The molecule has 26 heavy (non-hydrogen) atoms. The first-order valence-corrected chi connectivity index (χ1v) is 8.12. The summed E-state index contributed by atoms with van der Waals surface area (Å²) in [6, 6.07) is 5.21. The van der Waals surface area contributed by atoms with Gasteiger partial charge in [0.25, 0.3) is 0 Å². The summed E-state index contributed by atoms with van der Waals surface area (Å²) in [5.41, 5.74) is -0.413. The van der Waals surface area contributed by atoms with Gasteiger partial charge in [-0.05, 0) is 36.4 Å². The molecule has 2 rings (SSSR count). The van der Waals surface area contributed by atoms with Crippen LogP contribution in [0.1, 0.15) is 15.9 Å². The van der Waals surface area contributed by atoms with Crippen molar-refractivity contribution >= 4 is 27.9 Å². The predicted octanol–water partition coefficient (Wildman–Crippen LogP) is -4.66. The van der Waals surface area contributed by atoms with Gasteiger partial charge in [0, 0.05) is 11.1 Å². The summed E-state index contributed by atoms with van der Waals surface area (Å²) in [7, 11) is -5.11. The monoisotopic (exact) mass is 422 g/mol. The Hall–Kier alpha value is 0.110. The molecular formula is C13H6F2Na2O7S2. The molecule has 0 bridgehead atoms. The number of benzene rings is 2. The van der Waals surface area contributed by atoms with Crippen LogP contribution >= 0.6 is 12.0 Å². The second kappa shape index (κ2) is 11.2. The maximum Gasteiger partial charge on any atom is 1.00 e. The molecule has 0 fully saturated rings. The Balaban J connectivity index is 0.00000312. The van der Waals surface area contributed by atoms with Crippen molar-refractivity contribution < 1.29 is 100 Å². The maximum atomic E-state index is 13.5. The molecule has 0 amide bonds. The average molecular weight is 422 g/mol. The Morgan fingerprint density at radius 1 is 1.00 bits per heavy atom. The molecule has 0 atom stereocenters. The molecule has 0 saturated carbocycles. The van der Waals surface area contributed by atoms with Crippen LogP contribution in [-0.4, -0.2) is 18.8 Å². The predicted molar refractivity (Wildman–Crippen MR) is 72.2 cm³/mol. The zero-order valence-corrected chi connectivity index (χ0v) is 19.0. The molecule has 0 aromatic heterocycles. The summed E-state index contributed by atoms with van der Waals surface area (Å²) in [4.78, 5) is 10.9. The van der Waals surface area contributed by atoms with E-state index in [1.165, 1.54) is 0 Å². The fraction of sp³-hybridized carbons (Fsp3) is 0. The Morgan fingerprint density at radius 3 is 2.08 bits per heavy atom. The van der Waals surface area contributed by atoms with Gasteiger partial charge in [0.05, 0.1) is 21.8 Å². The molecule has 0 N–H and O–H groups in total. The topological polar surface area (TPSA) is 116 Å². The van der Waals surface area contributed by atoms with Crippen molar-refractivity contribution in [3.8, 4) is 0 Å². The van der Waals surface area contributed by atoms with E-state index >= 15 is 0 Å². The zero-order valence-electron chi connectivity index (χ0n) is 13.4. The van der Waals surface area contributed by atoms with Gasteiger partial charge in [0.2, 0.25) is 0 Å². The van der Waals surface area contributed by atoms with Gasteiger partial charge in [-0.3, -0.25) is 9.83 Å². The van der Waals surface area contributed by atoms with E-state index < -0.39 is 32.4 Å². The minimum atomic E-state index is -5.11. The maximum absolute atomic E-state index is 13.5. The van der Waals surface area contributed by atoms with E-state index in [4.69, 9.17) is 0 Å². The van der Waals surface area contributed by atoms with Gasteiger partial charge in [-0.2, -0.15) is 4.33 Å². The minimum absolute atomic E-state index is 0. The third-order valence-electron chi connectivity index (χ3n) is 2.81. The van der Waals surface area contributed by atoms with Crippen molar-refractivity contribution in [2.75, 3.05) is 0 Å². The van der Waals surface area contributed by atoms with Crippen LogP contribution in [-0.2, 0) is 19.5 Å². The van der Waals surface area contributed by atoms with E-state index in [0.717, 1.165) is 24.3 Å². The first kappa shape index (κ1) is 26.1. The van der Waals surface area contributed by atoms with E-state index in [1.807, 2.05) is 0 Å². The van der Waals surface area contributed by atoms with E-state index in [9.17, 15) is 31.8 Å². The van der Waals surface area contributed by atoms with E-state index in [0.29, 0.717) is 12.1 Å². The summed E-state index contributed by atoms with van der Waals surface area (Å²) >= 11 is 0.216. The minimum Gasteiger partial charge on any atom is -0.744 e. The number of carbonyl (C=O) groups excluding carboxylic acids is 1. The number of hydrogen-bond donors (Lipinski definition) is 0. The SMILES string of the molecule is O=C(c1ccc(F)c(SOO[O-])c1)c1ccc(F)c(S(=O)(=O)[O-])c1.[Na+].[Na+]. The molecule has 13 heteroatoms. The van der Waals surface area contributed by atoms with Crippen molar-refractivity contribution in [2.45, 2.75) is 9.79 Å². The molecule has 0 aliphatic rings. The average Bonchev–Trinajstić information content (AvgIpc) is 2.53. The quantitative estimate of drug-likeness (QED) is 0.114. The Kier molecular flexibility index (Phi) is 11.2. The first-order valence-electron chi connectivity index (χ1n) is 5.97. The summed E-state index contributed by atoms with van der Waals surface area (Å²) in [5, 5.41) is 12.8. The van der Waals surface area contributed by atoms with Crippen LogP contribution in [0.5, 0.6) is 0 Å². The van der Waals surface area contributed by atoms with Crippen molar-refractivity contribution in [1.82, 2.24) is 0 Å². The number of rotatable bonds is 6. The summed E-state index contributed by atoms with van der Waals surface area (Å²) in [6.07, 6.45) is 0. The first-order chi connectivity index (χ1) is 11.2. The second-order valence-electron chi connectivity index (χ2n) is 4.29. The molecule has 128 valence electrons. The van der Waals surface area contributed by atoms with E-state index in [2.05, 4.69) is 9.37 Å². The standard InChI is InChI=1S/C13H8F2O7S2.2Na/c14-9-3-1-7(5-11(9)23-22-21-17)13(16)8-2-4-10(15)12(6-8)24(18,19)20;;/h1-6,17H,(H,18,19,20);;/q;2*+1/p-2. The van der Waals surface area contributed by atoms with Gasteiger partial charge in [0.15, 0.2) is 5.78 Å². The van der Waals surface area contributed by atoms with Gasteiger partial charge in [-0.15, -0.1) is 0 Å². The van der Waals surface area contributed by atoms with Crippen LogP contribution in [0.4, 0.5) is 8.78 Å². The molecule has 0 saturated heterocycles. The largest absolute Gasteiger partial charge is 1.00 e. The van der Waals surface area contributed by atoms with E-state index in [-0.39, 0.29) is 87.2 Å². The third-order valence-corrected chi connectivity index (χ3v) is 4.28. The van der Waals surface area contributed by atoms with Crippen LogP contribution < -0.4 is 64.4 Å². The van der Waals surface area contributed by atoms with Crippen molar-refractivity contribution in [1.29, 1.82) is 0 Å². The second-order valence-corrected chi connectivity index (χ2v) is 6.38. The van der Waals surface area contributed by atoms with Crippen LogP contribution in [0.15, 0.2) is 46.2 Å². The van der Waals surface area contributed by atoms with Crippen LogP contribution in [0.3, 0.4) is 0 Å². The Bertz CT molecular complexity index is 894. The fourth-order valence-electron chi connectivity index (χ4n) is 1.76. The molecule has 0 spiro atoms. The summed E-state index contributed by atoms with van der Waals surface area (Å²) < 4.78 is 63.7. The number of carbonyl (C=O) groups is 1. The van der Waals surface area contributed by atoms with Gasteiger partial charge >= 0.3 is 59.1 Å². The number of halogens is 2. The molecule has 0 aliphatic heterocycles. The summed E-state index contributed by atoms with van der Waals surface area (Å²) in [5.74, 6) is -2.90. The molecular weight excluding hydrogens is 416 g/mol. The molecule has 2 aromatic carbocycles. The normalized spacial score (nSPS) is 10.6. The van der Waals surface area contributed by atoms with Crippen LogP contribution in [0, 0.1) is 11.6 Å². The van der Waals surface area contributed by atoms with Gasteiger partial charge < -0.3 is 9.81 Å². The van der Waals surface area contributed by atoms with Crippen LogP contribution in [0.25, 0.3) is 0 Å². The van der Waals surface area contributed by atoms with Gasteiger partial charge in [0.1, 0.15) is 21.8 Å². The third kappa shape index (κ3) is 6.62. The number of ketones is 1.